The lowest BCUT2D eigenvalue weighted by Crippen LogP contribution is -2.34. The molecule has 1 fully saturated rings. The number of hydrogen-bond acceptors (Lipinski definition) is 4. The van der Waals surface area contributed by atoms with Crippen LogP contribution in [-0.2, 0) is 9.84 Å². The summed E-state index contributed by atoms with van der Waals surface area (Å²) in [5.74, 6) is -2.66. The highest BCUT2D eigenvalue weighted by molar-refractivity contribution is 7.91. The molecule has 2 rings (SSSR count). The van der Waals surface area contributed by atoms with Gasteiger partial charge in [0.15, 0.2) is 0 Å². The maximum Gasteiger partial charge on any atom is 0.341 e. The molecular formula is C15H22F2N2O2S. The Labute approximate surface area is 130 Å². The Bertz CT molecular complexity index is 568. The summed E-state index contributed by atoms with van der Waals surface area (Å²) >= 11 is 0. The second kappa shape index (κ2) is 7.37. The SMILES string of the molecule is CNCCC1CCN(c2ccc(S(=O)(=O)C(F)F)cc2)CC1. The maximum atomic E-state index is 12.5. The van der Waals surface area contributed by atoms with Gasteiger partial charge in [-0.2, -0.15) is 8.78 Å². The zero-order valence-corrected chi connectivity index (χ0v) is 13.5. The molecule has 0 atom stereocenters. The maximum absolute atomic E-state index is 12.5. The van der Waals surface area contributed by atoms with Gasteiger partial charge in [-0.3, -0.25) is 0 Å². The third-order valence-corrected chi connectivity index (χ3v) is 5.58. The predicted octanol–water partition coefficient (Wildman–Crippen LogP) is 2.51. The van der Waals surface area contributed by atoms with Crippen LogP contribution in [0.1, 0.15) is 19.3 Å². The van der Waals surface area contributed by atoms with Gasteiger partial charge in [-0.25, -0.2) is 8.42 Å². The van der Waals surface area contributed by atoms with Crippen LogP contribution < -0.4 is 10.2 Å². The third-order valence-electron chi connectivity index (χ3n) is 4.18. The number of sulfone groups is 1. The molecule has 0 bridgehead atoms. The van der Waals surface area contributed by atoms with Gasteiger partial charge in [-0.15, -0.1) is 0 Å². The van der Waals surface area contributed by atoms with Crippen molar-refractivity contribution in [3.05, 3.63) is 24.3 Å². The Morgan fingerprint density at radius 2 is 1.82 bits per heavy atom. The fraction of sp³-hybridized carbons (Fsp3) is 0.600. The molecule has 0 spiro atoms. The minimum Gasteiger partial charge on any atom is -0.372 e. The van der Waals surface area contributed by atoms with Crippen molar-refractivity contribution in [3.63, 3.8) is 0 Å². The summed E-state index contributed by atoms with van der Waals surface area (Å²) in [5.41, 5.74) is 0.889. The summed E-state index contributed by atoms with van der Waals surface area (Å²) in [7, 11) is -2.55. The van der Waals surface area contributed by atoms with Crippen molar-refractivity contribution in [2.75, 3.05) is 31.6 Å². The first kappa shape index (κ1) is 17.1. The lowest BCUT2D eigenvalue weighted by atomic mass is 9.93. The molecule has 124 valence electrons. The van der Waals surface area contributed by atoms with Gasteiger partial charge in [-0.1, -0.05) is 0 Å². The van der Waals surface area contributed by atoms with Gasteiger partial charge in [-0.05, 0) is 63.0 Å². The summed E-state index contributed by atoms with van der Waals surface area (Å²) < 4.78 is 47.8. The molecule has 1 aromatic carbocycles. The molecule has 1 aromatic rings. The van der Waals surface area contributed by atoms with Gasteiger partial charge >= 0.3 is 5.76 Å². The molecule has 1 heterocycles. The molecule has 0 saturated carbocycles. The fourth-order valence-electron chi connectivity index (χ4n) is 2.78. The quantitative estimate of drug-likeness (QED) is 0.870. The molecule has 0 radical (unpaired) electrons. The van der Waals surface area contributed by atoms with E-state index in [4.69, 9.17) is 0 Å². The lowest BCUT2D eigenvalue weighted by molar-refractivity contribution is 0.234. The molecule has 1 N–H and O–H groups in total. The highest BCUT2D eigenvalue weighted by Crippen LogP contribution is 2.27. The summed E-state index contributed by atoms with van der Waals surface area (Å²) in [4.78, 5) is 1.85. The number of hydrogen-bond donors (Lipinski definition) is 1. The van der Waals surface area contributed by atoms with Crippen molar-refractivity contribution in [3.8, 4) is 0 Å². The minimum atomic E-state index is -4.50. The molecule has 4 nitrogen and oxygen atoms in total. The topological polar surface area (TPSA) is 49.4 Å². The molecular weight excluding hydrogens is 310 g/mol. The Hall–Kier alpha value is -1.21. The summed E-state index contributed by atoms with van der Waals surface area (Å²) in [6.45, 7) is 2.84. The van der Waals surface area contributed by atoms with E-state index in [0.29, 0.717) is 5.92 Å². The van der Waals surface area contributed by atoms with Gasteiger partial charge in [0, 0.05) is 18.8 Å². The van der Waals surface area contributed by atoms with E-state index >= 15 is 0 Å². The second-order valence-electron chi connectivity index (χ2n) is 5.62. The highest BCUT2D eigenvalue weighted by Gasteiger charge is 2.26. The number of halogens is 2. The van der Waals surface area contributed by atoms with Crippen LogP contribution in [0.25, 0.3) is 0 Å². The number of nitrogens with one attached hydrogen (secondary N) is 1. The first-order valence-electron chi connectivity index (χ1n) is 7.47. The molecule has 22 heavy (non-hydrogen) atoms. The van der Waals surface area contributed by atoms with E-state index in [1.165, 1.54) is 12.1 Å². The summed E-state index contributed by atoms with van der Waals surface area (Å²) in [6, 6.07) is 5.76. The number of nitrogens with zero attached hydrogens (tertiary/aromatic N) is 1. The fourth-order valence-corrected chi connectivity index (χ4v) is 3.50. The van der Waals surface area contributed by atoms with Crippen LogP contribution in [0, 0.1) is 5.92 Å². The van der Waals surface area contributed by atoms with Gasteiger partial charge in [0.25, 0.3) is 0 Å². The van der Waals surface area contributed by atoms with E-state index in [0.717, 1.165) is 44.6 Å². The van der Waals surface area contributed by atoms with Crippen LogP contribution in [0.3, 0.4) is 0 Å². The largest absolute Gasteiger partial charge is 0.372 e. The molecule has 1 aliphatic rings. The zero-order valence-electron chi connectivity index (χ0n) is 12.6. The van der Waals surface area contributed by atoms with Crippen LogP contribution in [0.2, 0.25) is 0 Å². The number of rotatable bonds is 6. The van der Waals surface area contributed by atoms with Crippen molar-refractivity contribution in [1.29, 1.82) is 0 Å². The van der Waals surface area contributed by atoms with Crippen molar-refractivity contribution in [2.45, 2.75) is 29.9 Å². The van der Waals surface area contributed by atoms with Crippen molar-refractivity contribution >= 4 is 15.5 Å². The van der Waals surface area contributed by atoms with Crippen molar-refractivity contribution < 1.29 is 17.2 Å². The Morgan fingerprint density at radius 3 is 2.32 bits per heavy atom. The van der Waals surface area contributed by atoms with E-state index in [1.54, 1.807) is 12.1 Å². The Morgan fingerprint density at radius 1 is 1.23 bits per heavy atom. The molecule has 7 heteroatoms. The van der Waals surface area contributed by atoms with Gasteiger partial charge in [0.2, 0.25) is 9.84 Å². The number of piperidine rings is 1. The molecule has 0 unspecified atom stereocenters. The van der Waals surface area contributed by atoms with Crippen LogP contribution in [0.15, 0.2) is 29.2 Å². The molecule has 1 saturated heterocycles. The van der Waals surface area contributed by atoms with Gasteiger partial charge in [0.05, 0.1) is 4.90 Å². The monoisotopic (exact) mass is 332 g/mol. The van der Waals surface area contributed by atoms with Crippen LogP contribution in [-0.4, -0.2) is 40.9 Å². The van der Waals surface area contributed by atoms with Gasteiger partial charge < -0.3 is 10.2 Å². The lowest BCUT2D eigenvalue weighted by Gasteiger charge is -2.33. The normalized spacial score (nSPS) is 17.2. The first-order valence-corrected chi connectivity index (χ1v) is 9.01. The van der Waals surface area contributed by atoms with Crippen LogP contribution in [0.4, 0.5) is 14.5 Å². The second-order valence-corrected chi connectivity index (χ2v) is 7.54. The Kier molecular flexibility index (Phi) is 5.74. The average molecular weight is 332 g/mol. The molecule has 1 aliphatic heterocycles. The average Bonchev–Trinajstić information content (AvgIpc) is 2.53. The summed E-state index contributed by atoms with van der Waals surface area (Å²) in [5, 5.41) is 3.16. The standard InChI is InChI=1S/C15H22F2N2O2S/c1-18-9-6-12-7-10-19(11-8-12)13-2-4-14(5-3-13)22(20,21)15(16)17/h2-5,12,15,18H,6-11H2,1H3. The molecule has 0 aliphatic carbocycles. The smallest absolute Gasteiger partial charge is 0.341 e. The van der Waals surface area contributed by atoms with Crippen LogP contribution >= 0.6 is 0 Å². The van der Waals surface area contributed by atoms with Gasteiger partial charge in [0.1, 0.15) is 0 Å². The number of benzene rings is 1. The van der Waals surface area contributed by atoms with E-state index in [9.17, 15) is 17.2 Å². The molecule has 0 aromatic heterocycles. The van der Waals surface area contributed by atoms with E-state index < -0.39 is 15.6 Å². The first-order chi connectivity index (χ1) is 10.4. The van der Waals surface area contributed by atoms with Crippen molar-refractivity contribution in [1.82, 2.24) is 5.32 Å². The number of alkyl halides is 2. The Balaban J connectivity index is 1.98. The van der Waals surface area contributed by atoms with Crippen LogP contribution in [0.5, 0.6) is 0 Å². The van der Waals surface area contributed by atoms with Crippen molar-refractivity contribution in [2.24, 2.45) is 5.92 Å². The van der Waals surface area contributed by atoms with E-state index in [1.807, 2.05) is 7.05 Å². The number of anilines is 1. The highest BCUT2D eigenvalue weighted by atomic mass is 32.2. The van der Waals surface area contributed by atoms with E-state index in [-0.39, 0.29) is 4.90 Å². The predicted molar refractivity (Wildman–Crippen MR) is 83.1 cm³/mol. The summed E-state index contributed by atoms with van der Waals surface area (Å²) in [6.07, 6.45) is 3.35. The zero-order chi connectivity index (χ0) is 16.2. The van der Waals surface area contributed by atoms with E-state index in [2.05, 4.69) is 10.2 Å². The molecule has 0 amide bonds. The minimum absolute atomic E-state index is 0.324. The third kappa shape index (κ3) is 3.95.